The van der Waals surface area contributed by atoms with Crippen LogP contribution in [0.2, 0.25) is 0 Å². The van der Waals surface area contributed by atoms with E-state index in [4.69, 9.17) is 0 Å². The van der Waals surface area contributed by atoms with Gasteiger partial charge in [-0.25, -0.2) is 4.79 Å². The Balaban J connectivity index is 1.64. The highest BCUT2D eigenvalue weighted by molar-refractivity contribution is 7.10. The van der Waals surface area contributed by atoms with Crippen molar-refractivity contribution < 1.29 is 4.79 Å². The second-order valence-electron chi connectivity index (χ2n) is 6.11. The summed E-state index contributed by atoms with van der Waals surface area (Å²) < 4.78 is 0. The Hall–Kier alpha value is -1.81. The van der Waals surface area contributed by atoms with Gasteiger partial charge in [0, 0.05) is 15.9 Å². The third-order valence-corrected chi connectivity index (χ3v) is 5.23. The predicted octanol–water partition coefficient (Wildman–Crippen LogP) is 5.39. The fraction of sp³-hybridized carbons (Fsp3) is 0.389. The number of rotatable bonds is 3. The van der Waals surface area contributed by atoms with Crippen molar-refractivity contribution in [2.45, 2.75) is 45.4 Å². The van der Waals surface area contributed by atoms with E-state index in [1.165, 1.54) is 28.8 Å². The summed E-state index contributed by atoms with van der Waals surface area (Å²) in [6.07, 6.45) is 4.72. The maximum Gasteiger partial charge on any atom is 0.323 e. The quantitative estimate of drug-likeness (QED) is 0.783. The first-order valence-corrected chi connectivity index (χ1v) is 8.78. The Morgan fingerprint density at radius 3 is 2.55 bits per heavy atom. The lowest BCUT2D eigenvalue weighted by Gasteiger charge is -2.14. The van der Waals surface area contributed by atoms with Crippen LogP contribution in [0.4, 0.5) is 16.2 Å². The van der Waals surface area contributed by atoms with Crippen LogP contribution in [0.5, 0.6) is 0 Å². The van der Waals surface area contributed by atoms with E-state index < -0.39 is 0 Å². The molecule has 0 saturated heterocycles. The van der Waals surface area contributed by atoms with E-state index in [1.807, 2.05) is 12.1 Å². The molecule has 3 nitrogen and oxygen atoms in total. The van der Waals surface area contributed by atoms with Crippen LogP contribution in [0, 0.1) is 0 Å². The normalized spacial score (nSPS) is 13.8. The molecular formula is C18H22N2OS. The van der Waals surface area contributed by atoms with Gasteiger partial charge >= 0.3 is 6.03 Å². The third kappa shape index (κ3) is 3.33. The Morgan fingerprint density at radius 2 is 1.82 bits per heavy atom. The Morgan fingerprint density at radius 1 is 1.09 bits per heavy atom. The van der Waals surface area contributed by atoms with E-state index in [0.717, 1.165) is 24.2 Å². The van der Waals surface area contributed by atoms with Crippen molar-refractivity contribution in [2.75, 3.05) is 10.6 Å². The molecule has 1 aromatic carbocycles. The number of fused-ring (bicyclic) bond motifs is 1. The maximum absolute atomic E-state index is 12.2. The van der Waals surface area contributed by atoms with Crippen LogP contribution < -0.4 is 10.6 Å². The number of hydrogen-bond acceptors (Lipinski definition) is 2. The van der Waals surface area contributed by atoms with E-state index in [1.54, 1.807) is 11.3 Å². The SMILES string of the molecule is CC(C)c1ccc(NC(=O)Nc2csc3c2CCCC3)cc1. The fourth-order valence-electron chi connectivity index (χ4n) is 2.83. The number of urea groups is 1. The van der Waals surface area contributed by atoms with Gasteiger partial charge < -0.3 is 10.6 Å². The topological polar surface area (TPSA) is 41.1 Å². The number of carbonyl (C=O) groups is 1. The molecule has 116 valence electrons. The number of carbonyl (C=O) groups excluding carboxylic acids is 1. The molecule has 0 spiro atoms. The highest BCUT2D eigenvalue weighted by Crippen LogP contribution is 2.33. The second kappa shape index (κ2) is 6.53. The maximum atomic E-state index is 12.2. The van der Waals surface area contributed by atoms with Crippen molar-refractivity contribution in [1.82, 2.24) is 0 Å². The summed E-state index contributed by atoms with van der Waals surface area (Å²) in [5, 5.41) is 7.97. The summed E-state index contributed by atoms with van der Waals surface area (Å²) in [6.45, 7) is 4.32. The average Bonchev–Trinajstić information content (AvgIpc) is 2.91. The minimum absolute atomic E-state index is 0.163. The zero-order valence-corrected chi connectivity index (χ0v) is 13.9. The van der Waals surface area contributed by atoms with E-state index >= 15 is 0 Å². The molecule has 0 radical (unpaired) electrons. The summed E-state index contributed by atoms with van der Waals surface area (Å²) >= 11 is 1.76. The predicted molar refractivity (Wildman–Crippen MR) is 94.1 cm³/mol. The largest absolute Gasteiger partial charge is 0.323 e. The standard InChI is InChI=1S/C18H22N2OS/c1-12(2)13-7-9-14(10-8-13)19-18(21)20-16-11-22-17-6-4-3-5-15(16)17/h7-12H,3-6H2,1-2H3,(H2,19,20,21). The van der Waals surface area contributed by atoms with Gasteiger partial charge in [-0.1, -0.05) is 26.0 Å². The lowest BCUT2D eigenvalue weighted by molar-refractivity contribution is 0.262. The van der Waals surface area contributed by atoms with E-state index in [9.17, 15) is 4.79 Å². The lowest BCUT2D eigenvalue weighted by atomic mass is 9.98. The smallest absolute Gasteiger partial charge is 0.308 e. The first-order chi connectivity index (χ1) is 10.6. The number of benzene rings is 1. The number of aryl methyl sites for hydroxylation is 1. The average molecular weight is 314 g/mol. The molecule has 3 rings (SSSR count). The van der Waals surface area contributed by atoms with Gasteiger partial charge in [0.1, 0.15) is 0 Å². The first kappa shape index (κ1) is 15.1. The summed E-state index contributed by atoms with van der Waals surface area (Å²) in [5.74, 6) is 0.500. The summed E-state index contributed by atoms with van der Waals surface area (Å²) in [6, 6.07) is 7.87. The van der Waals surface area contributed by atoms with Gasteiger partial charge in [0.15, 0.2) is 0 Å². The molecule has 0 saturated carbocycles. The van der Waals surface area contributed by atoms with E-state index in [0.29, 0.717) is 5.92 Å². The second-order valence-corrected chi connectivity index (χ2v) is 7.08. The van der Waals surface area contributed by atoms with Crippen molar-refractivity contribution >= 4 is 28.7 Å². The Kier molecular flexibility index (Phi) is 4.48. The lowest BCUT2D eigenvalue weighted by Crippen LogP contribution is -2.20. The van der Waals surface area contributed by atoms with Crippen molar-refractivity contribution in [3.8, 4) is 0 Å². The monoisotopic (exact) mass is 314 g/mol. The van der Waals surface area contributed by atoms with Gasteiger partial charge in [-0.15, -0.1) is 11.3 Å². The number of nitrogens with one attached hydrogen (secondary N) is 2. The van der Waals surface area contributed by atoms with Crippen LogP contribution in [-0.4, -0.2) is 6.03 Å². The van der Waals surface area contributed by atoms with Crippen LogP contribution in [-0.2, 0) is 12.8 Å². The Labute approximate surface area is 135 Å². The molecule has 0 aliphatic heterocycles. The van der Waals surface area contributed by atoms with Gasteiger partial charge in [0.05, 0.1) is 5.69 Å². The van der Waals surface area contributed by atoms with E-state index in [2.05, 4.69) is 42.0 Å². The molecule has 22 heavy (non-hydrogen) atoms. The number of thiophene rings is 1. The number of anilines is 2. The van der Waals surface area contributed by atoms with Gasteiger partial charge in [0.25, 0.3) is 0 Å². The van der Waals surface area contributed by atoms with Gasteiger partial charge in [0.2, 0.25) is 0 Å². The minimum atomic E-state index is -0.163. The molecule has 1 aliphatic rings. The van der Waals surface area contributed by atoms with Crippen LogP contribution in [0.25, 0.3) is 0 Å². The van der Waals surface area contributed by atoms with Gasteiger partial charge in [-0.3, -0.25) is 0 Å². The molecule has 4 heteroatoms. The van der Waals surface area contributed by atoms with Crippen molar-refractivity contribution in [3.63, 3.8) is 0 Å². The molecule has 0 fully saturated rings. The molecule has 2 amide bonds. The molecule has 0 unspecified atom stereocenters. The number of hydrogen-bond donors (Lipinski definition) is 2. The van der Waals surface area contributed by atoms with Gasteiger partial charge in [-0.2, -0.15) is 0 Å². The third-order valence-electron chi connectivity index (χ3n) is 4.14. The molecule has 2 aromatic rings. The fourth-order valence-corrected chi connectivity index (χ4v) is 3.91. The molecule has 0 atom stereocenters. The highest BCUT2D eigenvalue weighted by Gasteiger charge is 2.16. The summed E-state index contributed by atoms with van der Waals surface area (Å²) in [4.78, 5) is 13.6. The van der Waals surface area contributed by atoms with Crippen molar-refractivity contribution in [2.24, 2.45) is 0 Å². The van der Waals surface area contributed by atoms with Crippen molar-refractivity contribution in [3.05, 3.63) is 45.6 Å². The zero-order valence-electron chi connectivity index (χ0n) is 13.1. The molecule has 1 aliphatic carbocycles. The Bertz CT molecular complexity index is 658. The van der Waals surface area contributed by atoms with Crippen LogP contribution in [0.1, 0.15) is 48.6 Å². The molecular weight excluding hydrogens is 292 g/mol. The molecule has 2 N–H and O–H groups in total. The summed E-state index contributed by atoms with van der Waals surface area (Å²) in [5.41, 5.74) is 4.42. The van der Waals surface area contributed by atoms with Crippen LogP contribution >= 0.6 is 11.3 Å². The highest BCUT2D eigenvalue weighted by atomic mass is 32.1. The van der Waals surface area contributed by atoms with Crippen LogP contribution in [0.3, 0.4) is 0 Å². The zero-order chi connectivity index (χ0) is 15.5. The first-order valence-electron chi connectivity index (χ1n) is 7.90. The molecule has 1 aromatic heterocycles. The molecule has 1 heterocycles. The number of amides is 2. The van der Waals surface area contributed by atoms with Crippen molar-refractivity contribution in [1.29, 1.82) is 0 Å². The van der Waals surface area contributed by atoms with E-state index in [-0.39, 0.29) is 6.03 Å². The van der Waals surface area contributed by atoms with Gasteiger partial charge in [-0.05, 0) is 54.9 Å². The van der Waals surface area contributed by atoms with Crippen LogP contribution in [0.15, 0.2) is 29.6 Å². The minimum Gasteiger partial charge on any atom is -0.308 e. The molecule has 0 bridgehead atoms. The summed E-state index contributed by atoms with van der Waals surface area (Å²) in [7, 11) is 0.